The molecule has 1 saturated carbocycles. The van der Waals surface area contributed by atoms with Crippen molar-refractivity contribution in [2.45, 2.75) is 56.1 Å². The van der Waals surface area contributed by atoms with Gasteiger partial charge >= 0.3 is 0 Å². The summed E-state index contributed by atoms with van der Waals surface area (Å²) in [5.41, 5.74) is 3.71. The van der Waals surface area contributed by atoms with Crippen LogP contribution in [0.25, 0.3) is 0 Å². The minimum Gasteiger partial charge on any atom is -0.369 e. The summed E-state index contributed by atoms with van der Waals surface area (Å²) >= 11 is 0. The van der Waals surface area contributed by atoms with E-state index in [1.54, 1.807) is 5.56 Å². The van der Waals surface area contributed by atoms with Crippen molar-refractivity contribution < 1.29 is 0 Å². The van der Waals surface area contributed by atoms with Crippen molar-refractivity contribution in [2.75, 3.05) is 18.5 Å². The lowest BCUT2D eigenvalue weighted by Gasteiger charge is -2.60. The van der Waals surface area contributed by atoms with Gasteiger partial charge in [-0.05, 0) is 48.6 Å². The van der Waals surface area contributed by atoms with E-state index in [1.807, 2.05) is 0 Å². The van der Waals surface area contributed by atoms with Gasteiger partial charge in [0.05, 0.1) is 6.04 Å². The van der Waals surface area contributed by atoms with Crippen LogP contribution in [0.5, 0.6) is 0 Å². The first kappa shape index (κ1) is 12.4. The molecule has 6 aliphatic rings. The summed E-state index contributed by atoms with van der Waals surface area (Å²) < 4.78 is 0. The van der Waals surface area contributed by atoms with Crippen LogP contribution in [0, 0.1) is 17.8 Å². The smallest absolute Gasteiger partial charge is 0.0540 e. The second kappa shape index (κ2) is 3.72. The minimum absolute atomic E-state index is 0.485. The van der Waals surface area contributed by atoms with Crippen LogP contribution in [0.3, 0.4) is 0 Å². The molecule has 116 valence electrons. The van der Waals surface area contributed by atoms with E-state index < -0.39 is 0 Å². The van der Waals surface area contributed by atoms with E-state index in [1.165, 1.54) is 37.9 Å². The Kier molecular flexibility index (Phi) is 2.10. The highest BCUT2D eigenvalue weighted by Crippen LogP contribution is 2.68. The molecule has 0 N–H and O–H groups in total. The molecule has 0 radical (unpaired) electrons. The zero-order valence-corrected chi connectivity index (χ0v) is 13.7. The van der Waals surface area contributed by atoms with Crippen molar-refractivity contribution in [3.63, 3.8) is 0 Å². The van der Waals surface area contributed by atoms with Crippen molar-refractivity contribution in [3.8, 4) is 0 Å². The highest BCUT2D eigenvalue weighted by Gasteiger charge is 2.70. The number of benzene rings is 1. The van der Waals surface area contributed by atoms with Gasteiger partial charge in [-0.3, -0.25) is 4.90 Å². The molecule has 22 heavy (non-hydrogen) atoms. The summed E-state index contributed by atoms with van der Waals surface area (Å²) in [6.07, 6.45) is 5.77. The molecule has 0 aromatic heterocycles. The number of fused-ring (bicyclic) bond motifs is 2. The number of rotatable bonds is 1. The quantitative estimate of drug-likeness (QED) is 0.784. The molecule has 7 rings (SSSR count). The molecule has 1 aromatic carbocycles. The molecule has 2 nitrogen and oxygen atoms in total. The van der Waals surface area contributed by atoms with Gasteiger partial charge in [-0.15, -0.1) is 0 Å². The van der Waals surface area contributed by atoms with Crippen LogP contribution >= 0.6 is 0 Å². The van der Waals surface area contributed by atoms with E-state index in [4.69, 9.17) is 0 Å². The van der Waals surface area contributed by atoms with Gasteiger partial charge in [0.1, 0.15) is 0 Å². The van der Waals surface area contributed by atoms with Gasteiger partial charge in [-0.2, -0.15) is 0 Å². The van der Waals surface area contributed by atoms with Crippen LogP contribution in [-0.4, -0.2) is 36.6 Å². The third kappa shape index (κ3) is 1.12. The van der Waals surface area contributed by atoms with Crippen molar-refractivity contribution in [1.82, 2.24) is 4.90 Å². The Morgan fingerprint density at radius 2 is 2.00 bits per heavy atom. The van der Waals surface area contributed by atoms with Crippen LogP contribution in [0.2, 0.25) is 0 Å². The monoisotopic (exact) mass is 294 g/mol. The molecule has 8 atom stereocenters. The summed E-state index contributed by atoms with van der Waals surface area (Å²) in [6.45, 7) is 3.81. The van der Waals surface area contributed by atoms with Crippen LogP contribution in [0.4, 0.5) is 5.69 Å². The lowest BCUT2D eigenvalue weighted by Crippen LogP contribution is -2.69. The summed E-state index contributed by atoms with van der Waals surface area (Å²) in [6, 6.07) is 11.8. The number of nitrogens with zero attached hydrogens (tertiary/aromatic N) is 2. The maximum atomic E-state index is 2.97. The maximum Gasteiger partial charge on any atom is 0.0540 e. The van der Waals surface area contributed by atoms with E-state index >= 15 is 0 Å². The third-order valence-corrected chi connectivity index (χ3v) is 8.33. The average molecular weight is 294 g/mol. The Labute approximate surface area is 133 Å². The molecule has 4 saturated heterocycles. The Balaban J connectivity index is 1.55. The second-order valence-corrected chi connectivity index (χ2v) is 8.70. The largest absolute Gasteiger partial charge is 0.369 e. The van der Waals surface area contributed by atoms with Gasteiger partial charge in [0.15, 0.2) is 0 Å². The average Bonchev–Trinajstić information content (AvgIpc) is 3.00. The molecule has 5 heterocycles. The fourth-order valence-electron chi connectivity index (χ4n) is 7.73. The molecule has 2 heteroatoms. The number of hydrogen-bond donors (Lipinski definition) is 0. The zero-order chi connectivity index (χ0) is 14.6. The first-order valence-corrected chi connectivity index (χ1v) is 9.32. The van der Waals surface area contributed by atoms with Crippen LogP contribution < -0.4 is 4.90 Å². The molecule has 1 aromatic rings. The van der Waals surface area contributed by atoms with E-state index in [0.29, 0.717) is 5.41 Å². The summed E-state index contributed by atoms with van der Waals surface area (Å²) in [7, 11) is 2.37. The van der Waals surface area contributed by atoms with Crippen LogP contribution in [0.1, 0.15) is 38.2 Å². The van der Waals surface area contributed by atoms with Crippen molar-refractivity contribution >= 4 is 5.69 Å². The maximum absolute atomic E-state index is 2.97. The number of para-hydroxylation sites is 1. The standard InChI is InChI=1S/C20H26N2/c1-3-12-11-22-17-8-13(12)14-9-20(10-18(14)22)15-6-4-5-7-16(15)21(2)19(17)20/h4-7,12-14,17-19H,3,8-11H2,1-2H3/t12-,13+,14+,17+,18+,19+,20+/m1/s1. The van der Waals surface area contributed by atoms with Gasteiger partial charge in [-0.25, -0.2) is 0 Å². The first-order valence-electron chi connectivity index (χ1n) is 9.32. The first-order chi connectivity index (χ1) is 10.7. The predicted molar refractivity (Wildman–Crippen MR) is 89.2 cm³/mol. The zero-order valence-electron chi connectivity index (χ0n) is 13.7. The van der Waals surface area contributed by atoms with E-state index in [2.05, 4.69) is 48.0 Å². The molecule has 0 amide bonds. The SMILES string of the molecule is CC[C@@H]1CN2[C@H]3C[C@]45C[C@H]3[C@H]1C[C@H]2[C@@H]4N(C)c1ccccc15. The topological polar surface area (TPSA) is 6.48 Å². The van der Waals surface area contributed by atoms with E-state index in [0.717, 1.165) is 35.9 Å². The molecule has 1 unspecified atom stereocenters. The molecule has 5 fully saturated rings. The van der Waals surface area contributed by atoms with Gasteiger partial charge in [-0.1, -0.05) is 31.5 Å². The fraction of sp³-hybridized carbons (Fsp3) is 0.700. The highest BCUT2D eigenvalue weighted by molar-refractivity contribution is 5.66. The Hall–Kier alpha value is -1.02. The van der Waals surface area contributed by atoms with Gasteiger partial charge in [0, 0.05) is 36.8 Å². The van der Waals surface area contributed by atoms with E-state index in [-0.39, 0.29) is 0 Å². The van der Waals surface area contributed by atoms with Crippen molar-refractivity contribution in [2.24, 2.45) is 17.8 Å². The van der Waals surface area contributed by atoms with Crippen molar-refractivity contribution in [3.05, 3.63) is 29.8 Å². The van der Waals surface area contributed by atoms with Gasteiger partial charge in [0.2, 0.25) is 0 Å². The Morgan fingerprint density at radius 1 is 1.14 bits per heavy atom. The second-order valence-electron chi connectivity index (χ2n) is 8.70. The fourth-order valence-corrected chi connectivity index (χ4v) is 7.73. The highest BCUT2D eigenvalue weighted by atomic mass is 15.3. The molecular formula is C20H26N2. The number of piperidine rings is 4. The summed E-state index contributed by atoms with van der Waals surface area (Å²) in [5, 5.41) is 0. The predicted octanol–water partition coefficient (Wildman–Crippen LogP) is 3.27. The Morgan fingerprint density at radius 3 is 2.86 bits per heavy atom. The molecule has 5 bridgehead atoms. The summed E-state index contributed by atoms with van der Waals surface area (Å²) in [4.78, 5) is 5.64. The Bertz CT molecular complexity index is 655. The number of hydrogen-bond acceptors (Lipinski definition) is 2. The minimum atomic E-state index is 0.485. The normalized spacial score (nSPS) is 53.0. The van der Waals surface area contributed by atoms with Crippen LogP contribution in [0.15, 0.2) is 24.3 Å². The molecule has 1 spiro atoms. The molecule has 5 aliphatic heterocycles. The molecular weight excluding hydrogens is 268 g/mol. The summed E-state index contributed by atoms with van der Waals surface area (Å²) in [5.74, 6) is 2.99. The third-order valence-electron chi connectivity index (χ3n) is 8.33. The van der Waals surface area contributed by atoms with E-state index in [9.17, 15) is 0 Å². The van der Waals surface area contributed by atoms with Gasteiger partial charge in [0.25, 0.3) is 0 Å². The van der Waals surface area contributed by atoms with Gasteiger partial charge < -0.3 is 4.90 Å². The van der Waals surface area contributed by atoms with Crippen LogP contribution in [-0.2, 0) is 5.41 Å². The number of anilines is 1. The molecule has 1 aliphatic carbocycles. The number of likely N-dealkylation sites (N-methyl/N-ethyl adjacent to an activating group) is 1. The lowest BCUT2D eigenvalue weighted by molar-refractivity contribution is -0.0922. The lowest BCUT2D eigenvalue weighted by atomic mass is 9.63. The van der Waals surface area contributed by atoms with Crippen molar-refractivity contribution in [1.29, 1.82) is 0 Å².